The number of benzene rings is 1. The molecule has 0 saturated heterocycles. The first-order chi connectivity index (χ1) is 9.70. The molecule has 20 heavy (non-hydrogen) atoms. The van der Waals surface area contributed by atoms with Crippen molar-refractivity contribution in [3.63, 3.8) is 0 Å². The van der Waals surface area contributed by atoms with Gasteiger partial charge in [-0.2, -0.15) is 11.8 Å². The van der Waals surface area contributed by atoms with Gasteiger partial charge in [0.05, 0.1) is 6.04 Å². The van der Waals surface area contributed by atoms with Crippen LogP contribution in [0.1, 0.15) is 22.9 Å². The first kappa shape index (κ1) is 15.1. The Hall–Kier alpha value is -1.33. The standard InChI is InChI=1S/C15H16FNOS2/c1-19-10-8-14(18)17-15(13-3-2-9-20-13)11-4-6-12(16)7-5-11/h2-7,9,15H,8,10H2,1H3,(H,17,18). The molecule has 0 aliphatic carbocycles. The molecule has 1 atom stereocenters. The van der Waals surface area contributed by atoms with E-state index in [0.717, 1.165) is 16.2 Å². The van der Waals surface area contributed by atoms with Gasteiger partial charge in [-0.15, -0.1) is 11.3 Å². The van der Waals surface area contributed by atoms with Crippen molar-refractivity contribution in [2.24, 2.45) is 0 Å². The smallest absolute Gasteiger partial charge is 0.221 e. The Labute approximate surface area is 126 Å². The topological polar surface area (TPSA) is 29.1 Å². The fourth-order valence-corrected chi connectivity index (χ4v) is 3.05. The molecule has 1 aromatic heterocycles. The minimum absolute atomic E-state index is 0.0158. The molecule has 2 aromatic rings. The Morgan fingerprint density at radius 2 is 2.10 bits per heavy atom. The Kier molecular flexibility index (Phi) is 5.61. The highest BCUT2D eigenvalue weighted by Gasteiger charge is 2.17. The van der Waals surface area contributed by atoms with Crippen LogP contribution in [0, 0.1) is 5.82 Å². The monoisotopic (exact) mass is 309 g/mol. The quantitative estimate of drug-likeness (QED) is 0.878. The van der Waals surface area contributed by atoms with Crippen molar-refractivity contribution >= 4 is 29.0 Å². The SMILES string of the molecule is CSCCC(=O)NC(c1ccc(F)cc1)c1cccs1. The summed E-state index contributed by atoms with van der Waals surface area (Å²) in [5, 5.41) is 5.00. The zero-order chi connectivity index (χ0) is 14.4. The molecule has 0 radical (unpaired) electrons. The van der Waals surface area contributed by atoms with Crippen LogP contribution >= 0.6 is 23.1 Å². The van der Waals surface area contributed by atoms with Gasteiger partial charge in [0.1, 0.15) is 5.82 Å². The fourth-order valence-electron chi connectivity index (χ4n) is 1.86. The molecular formula is C15H16FNOS2. The van der Waals surface area contributed by atoms with Crippen LogP contribution in [0.5, 0.6) is 0 Å². The third kappa shape index (κ3) is 4.08. The molecule has 0 spiro atoms. The first-order valence-corrected chi connectivity index (χ1v) is 8.55. The van der Waals surface area contributed by atoms with Crippen molar-refractivity contribution in [1.29, 1.82) is 0 Å². The lowest BCUT2D eigenvalue weighted by atomic mass is 10.1. The largest absolute Gasteiger partial charge is 0.344 e. The van der Waals surface area contributed by atoms with Gasteiger partial charge in [-0.25, -0.2) is 4.39 Å². The van der Waals surface area contributed by atoms with Gasteiger partial charge in [0.2, 0.25) is 5.91 Å². The molecule has 0 aliphatic rings. The van der Waals surface area contributed by atoms with Crippen LogP contribution in [0.2, 0.25) is 0 Å². The molecule has 1 amide bonds. The number of rotatable bonds is 6. The first-order valence-electron chi connectivity index (χ1n) is 6.28. The number of carbonyl (C=O) groups excluding carboxylic acids is 1. The van der Waals surface area contributed by atoms with E-state index in [1.165, 1.54) is 12.1 Å². The molecule has 1 unspecified atom stereocenters. The highest BCUT2D eigenvalue weighted by atomic mass is 32.2. The number of hydrogen-bond acceptors (Lipinski definition) is 3. The summed E-state index contributed by atoms with van der Waals surface area (Å²) in [5.74, 6) is 0.543. The van der Waals surface area contributed by atoms with E-state index in [0.29, 0.717) is 6.42 Å². The van der Waals surface area contributed by atoms with E-state index in [4.69, 9.17) is 0 Å². The zero-order valence-corrected chi connectivity index (χ0v) is 12.8. The van der Waals surface area contributed by atoms with Crippen LogP contribution in [-0.4, -0.2) is 17.9 Å². The lowest BCUT2D eigenvalue weighted by Crippen LogP contribution is -2.29. The van der Waals surface area contributed by atoms with E-state index >= 15 is 0 Å². The Morgan fingerprint density at radius 3 is 2.70 bits per heavy atom. The summed E-state index contributed by atoms with van der Waals surface area (Å²) in [5.41, 5.74) is 0.895. The third-order valence-corrected chi connectivity index (χ3v) is 4.42. The van der Waals surface area contributed by atoms with Gasteiger partial charge < -0.3 is 5.32 Å². The number of thioether (sulfide) groups is 1. The van der Waals surface area contributed by atoms with Crippen molar-refractivity contribution in [3.05, 3.63) is 58.0 Å². The minimum atomic E-state index is -0.271. The molecule has 1 N–H and O–H groups in total. The molecule has 1 aromatic carbocycles. The molecule has 0 fully saturated rings. The Bertz CT molecular complexity index is 540. The second-order valence-corrected chi connectivity index (χ2v) is 6.28. The molecule has 0 bridgehead atoms. The number of nitrogens with one attached hydrogen (secondary N) is 1. The van der Waals surface area contributed by atoms with E-state index in [1.54, 1.807) is 35.2 Å². The van der Waals surface area contributed by atoms with Crippen LogP contribution in [0.15, 0.2) is 41.8 Å². The lowest BCUT2D eigenvalue weighted by Gasteiger charge is -2.18. The van der Waals surface area contributed by atoms with Gasteiger partial charge in [-0.05, 0) is 35.4 Å². The molecule has 106 valence electrons. The minimum Gasteiger partial charge on any atom is -0.344 e. The summed E-state index contributed by atoms with van der Waals surface area (Å²) in [6, 6.07) is 10.00. The van der Waals surface area contributed by atoms with Crippen LogP contribution in [0.3, 0.4) is 0 Å². The summed E-state index contributed by atoms with van der Waals surface area (Å²) >= 11 is 3.23. The van der Waals surface area contributed by atoms with Gasteiger partial charge in [0.15, 0.2) is 0 Å². The Morgan fingerprint density at radius 1 is 1.35 bits per heavy atom. The van der Waals surface area contributed by atoms with E-state index in [2.05, 4.69) is 5.32 Å². The van der Waals surface area contributed by atoms with Crippen LogP contribution in [0.4, 0.5) is 4.39 Å². The molecular weight excluding hydrogens is 293 g/mol. The normalized spacial score (nSPS) is 12.1. The molecule has 0 aliphatic heterocycles. The van der Waals surface area contributed by atoms with Crippen molar-refractivity contribution in [2.45, 2.75) is 12.5 Å². The van der Waals surface area contributed by atoms with Gasteiger partial charge in [0.25, 0.3) is 0 Å². The maximum absolute atomic E-state index is 13.0. The Balaban J connectivity index is 2.17. The van der Waals surface area contributed by atoms with Crippen LogP contribution in [-0.2, 0) is 4.79 Å². The zero-order valence-electron chi connectivity index (χ0n) is 11.1. The van der Waals surface area contributed by atoms with Crippen molar-refractivity contribution in [2.75, 3.05) is 12.0 Å². The predicted octanol–water partition coefficient (Wildman–Crippen LogP) is 3.85. The van der Waals surface area contributed by atoms with Crippen LogP contribution in [0.25, 0.3) is 0 Å². The maximum atomic E-state index is 13.0. The van der Waals surface area contributed by atoms with Gasteiger partial charge >= 0.3 is 0 Å². The van der Waals surface area contributed by atoms with E-state index < -0.39 is 0 Å². The fraction of sp³-hybridized carbons (Fsp3) is 0.267. The lowest BCUT2D eigenvalue weighted by molar-refractivity contribution is -0.121. The second kappa shape index (κ2) is 7.45. The molecule has 1 heterocycles. The summed E-state index contributed by atoms with van der Waals surface area (Å²) < 4.78 is 13.0. The predicted molar refractivity (Wildman–Crippen MR) is 83.7 cm³/mol. The summed E-state index contributed by atoms with van der Waals surface area (Å²) in [7, 11) is 0. The summed E-state index contributed by atoms with van der Waals surface area (Å²) in [6.07, 6.45) is 2.47. The molecule has 2 rings (SSSR count). The number of carbonyl (C=O) groups is 1. The average molecular weight is 309 g/mol. The van der Waals surface area contributed by atoms with E-state index in [-0.39, 0.29) is 17.8 Å². The third-order valence-electron chi connectivity index (χ3n) is 2.87. The molecule has 5 heteroatoms. The summed E-state index contributed by atoms with van der Waals surface area (Å²) in [6.45, 7) is 0. The maximum Gasteiger partial charge on any atom is 0.221 e. The highest BCUT2D eigenvalue weighted by Crippen LogP contribution is 2.26. The summed E-state index contributed by atoms with van der Waals surface area (Å²) in [4.78, 5) is 13.0. The number of amides is 1. The van der Waals surface area contributed by atoms with E-state index in [9.17, 15) is 9.18 Å². The number of halogens is 1. The molecule has 0 saturated carbocycles. The van der Waals surface area contributed by atoms with Crippen molar-refractivity contribution in [3.8, 4) is 0 Å². The van der Waals surface area contributed by atoms with Gasteiger partial charge in [-0.3, -0.25) is 4.79 Å². The van der Waals surface area contributed by atoms with Gasteiger partial charge in [-0.1, -0.05) is 18.2 Å². The average Bonchev–Trinajstić information content (AvgIpc) is 2.97. The van der Waals surface area contributed by atoms with E-state index in [1.807, 2.05) is 23.8 Å². The molecule has 2 nitrogen and oxygen atoms in total. The number of hydrogen-bond donors (Lipinski definition) is 1. The van der Waals surface area contributed by atoms with Crippen molar-refractivity contribution < 1.29 is 9.18 Å². The second-order valence-electron chi connectivity index (χ2n) is 4.31. The highest BCUT2D eigenvalue weighted by molar-refractivity contribution is 7.98. The number of thiophene rings is 1. The van der Waals surface area contributed by atoms with Gasteiger partial charge in [0, 0.05) is 17.1 Å². The van der Waals surface area contributed by atoms with Crippen molar-refractivity contribution in [1.82, 2.24) is 5.32 Å². The van der Waals surface area contributed by atoms with Crippen LogP contribution < -0.4 is 5.32 Å².